The van der Waals surface area contributed by atoms with E-state index in [1.807, 2.05) is 6.07 Å². The number of hydrogen-bond acceptors (Lipinski definition) is 3. The Hall–Kier alpha value is -0.703. The molecule has 1 unspecified atom stereocenters. The summed E-state index contributed by atoms with van der Waals surface area (Å²) in [4.78, 5) is 4.02. The van der Waals surface area contributed by atoms with Gasteiger partial charge in [-0.1, -0.05) is 0 Å². The molecule has 0 aromatic carbocycles. The van der Waals surface area contributed by atoms with Crippen molar-refractivity contribution in [2.75, 3.05) is 0 Å². The van der Waals surface area contributed by atoms with Gasteiger partial charge in [-0.05, 0) is 41.6 Å². The summed E-state index contributed by atoms with van der Waals surface area (Å²) >= 11 is 3.32. The van der Waals surface area contributed by atoms with Crippen LogP contribution in [0.15, 0.2) is 22.9 Å². The van der Waals surface area contributed by atoms with Crippen LogP contribution in [0.4, 0.5) is 0 Å². The molecule has 0 aliphatic carbocycles. The van der Waals surface area contributed by atoms with Crippen LogP contribution >= 0.6 is 15.9 Å². The van der Waals surface area contributed by atoms with Gasteiger partial charge in [-0.25, -0.2) is 0 Å². The molecule has 0 amide bonds. The van der Waals surface area contributed by atoms with Gasteiger partial charge in [0.15, 0.2) is 14.4 Å². The van der Waals surface area contributed by atoms with Crippen molar-refractivity contribution < 1.29 is 4.43 Å². The number of nitrogens with zero attached hydrogens (tertiary/aromatic N) is 2. The van der Waals surface area contributed by atoms with E-state index in [1.165, 1.54) is 0 Å². The van der Waals surface area contributed by atoms with Crippen LogP contribution in [-0.2, 0) is 4.43 Å². The highest BCUT2D eigenvalue weighted by Crippen LogP contribution is 2.23. The molecular weight excluding hydrogens is 272 g/mol. The second kappa shape index (κ2) is 4.88. The van der Waals surface area contributed by atoms with Crippen LogP contribution in [-0.4, -0.2) is 13.3 Å². The van der Waals surface area contributed by atoms with Crippen LogP contribution in [0.5, 0.6) is 0 Å². The van der Waals surface area contributed by atoms with Crippen molar-refractivity contribution in [1.29, 1.82) is 5.26 Å². The van der Waals surface area contributed by atoms with Gasteiger partial charge in [0.05, 0.1) is 6.07 Å². The zero-order valence-corrected chi connectivity index (χ0v) is 11.6. The van der Waals surface area contributed by atoms with Crippen molar-refractivity contribution in [3.8, 4) is 6.07 Å². The molecule has 0 aliphatic rings. The van der Waals surface area contributed by atoms with Gasteiger partial charge in [0, 0.05) is 22.4 Å². The summed E-state index contributed by atoms with van der Waals surface area (Å²) in [7, 11) is -1.71. The fraction of sp³-hybridized carbons (Fsp3) is 0.400. The number of halogens is 1. The highest BCUT2D eigenvalue weighted by atomic mass is 79.9. The topological polar surface area (TPSA) is 45.9 Å². The molecule has 0 aliphatic heterocycles. The first-order valence-electron chi connectivity index (χ1n) is 4.60. The Bertz CT molecular complexity index is 384. The van der Waals surface area contributed by atoms with E-state index in [-0.39, 0.29) is 0 Å². The molecule has 1 aromatic rings. The van der Waals surface area contributed by atoms with Gasteiger partial charge in [0.2, 0.25) is 0 Å². The second-order valence-corrected chi connectivity index (χ2v) is 9.55. The quantitative estimate of drug-likeness (QED) is 0.801. The van der Waals surface area contributed by atoms with E-state index in [9.17, 15) is 0 Å². The molecule has 1 aromatic heterocycles. The van der Waals surface area contributed by atoms with Crippen molar-refractivity contribution in [3.63, 3.8) is 0 Å². The zero-order valence-electron chi connectivity index (χ0n) is 8.99. The molecular formula is C10H13BrN2OSi. The highest BCUT2D eigenvalue weighted by molar-refractivity contribution is 9.10. The van der Waals surface area contributed by atoms with Gasteiger partial charge >= 0.3 is 0 Å². The predicted octanol–water partition coefficient (Wildman–Crippen LogP) is 3.26. The molecule has 0 saturated heterocycles. The Kier molecular flexibility index (Phi) is 4.02. The molecule has 0 bridgehead atoms. The van der Waals surface area contributed by atoms with Crippen LogP contribution in [0.3, 0.4) is 0 Å². The lowest BCUT2D eigenvalue weighted by Crippen LogP contribution is -2.27. The lowest BCUT2D eigenvalue weighted by molar-refractivity contribution is 0.254. The third-order valence-corrected chi connectivity index (χ3v) is 2.99. The van der Waals surface area contributed by atoms with Crippen molar-refractivity contribution >= 4 is 24.2 Å². The van der Waals surface area contributed by atoms with Gasteiger partial charge in [-0.15, -0.1) is 0 Å². The standard InChI is InChI=1S/C10H13BrN2OSi/c1-15(2,3)14-10(5-12)8-4-9(11)7-13-6-8/h4,6-7,10H,1-3H3. The first-order chi connectivity index (χ1) is 6.92. The van der Waals surface area contributed by atoms with E-state index >= 15 is 0 Å². The molecule has 0 N–H and O–H groups in total. The Balaban J connectivity index is 2.90. The smallest absolute Gasteiger partial charge is 0.186 e. The van der Waals surface area contributed by atoms with Crippen molar-refractivity contribution in [2.24, 2.45) is 0 Å². The summed E-state index contributed by atoms with van der Waals surface area (Å²) in [6, 6.07) is 4.02. The van der Waals surface area contributed by atoms with Gasteiger partial charge in [-0.3, -0.25) is 4.98 Å². The number of nitriles is 1. The van der Waals surface area contributed by atoms with E-state index in [0.717, 1.165) is 10.0 Å². The Labute approximate surface area is 99.4 Å². The highest BCUT2D eigenvalue weighted by Gasteiger charge is 2.22. The Morgan fingerprint density at radius 3 is 2.60 bits per heavy atom. The molecule has 15 heavy (non-hydrogen) atoms. The fourth-order valence-corrected chi connectivity index (χ4v) is 2.37. The number of rotatable bonds is 3. The van der Waals surface area contributed by atoms with E-state index in [4.69, 9.17) is 9.69 Å². The summed E-state index contributed by atoms with van der Waals surface area (Å²) in [5.74, 6) is 0. The van der Waals surface area contributed by atoms with Crippen LogP contribution in [0.1, 0.15) is 11.7 Å². The fourth-order valence-electron chi connectivity index (χ4n) is 1.09. The maximum atomic E-state index is 9.04. The normalized spacial score (nSPS) is 13.3. The van der Waals surface area contributed by atoms with Crippen LogP contribution in [0.25, 0.3) is 0 Å². The summed E-state index contributed by atoms with van der Waals surface area (Å²) < 4.78 is 6.61. The van der Waals surface area contributed by atoms with Gasteiger partial charge in [0.25, 0.3) is 0 Å². The minimum absolute atomic E-state index is 0.512. The van der Waals surface area contributed by atoms with Crippen LogP contribution < -0.4 is 0 Å². The molecule has 0 radical (unpaired) electrons. The monoisotopic (exact) mass is 284 g/mol. The van der Waals surface area contributed by atoms with E-state index < -0.39 is 14.4 Å². The first-order valence-corrected chi connectivity index (χ1v) is 8.80. The summed E-state index contributed by atoms with van der Waals surface area (Å²) in [5.41, 5.74) is 0.800. The first kappa shape index (κ1) is 12.4. The molecule has 0 fully saturated rings. The molecule has 1 rings (SSSR count). The average molecular weight is 285 g/mol. The van der Waals surface area contributed by atoms with Gasteiger partial charge in [-0.2, -0.15) is 5.26 Å². The van der Waals surface area contributed by atoms with Gasteiger partial charge < -0.3 is 4.43 Å². The van der Waals surface area contributed by atoms with Crippen LogP contribution in [0, 0.1) is 11.3 Å². The minimum atomic E-state index is -1.71. The largest absolute Gasteiger partial charge is 0.399 e. The van der Waals surface area contributed by atoms with Crippen molar-refractivity contribution in [2.45, 2.75) is 25.7 Å². The third kappa shape index (κ3) is 4.12. The summed E-state index contributed by atoms with van der Waals surface area (Å²) in [6.07, 6.45) is 2.84. The third-order valence-electron chi connectivity index (χ3n) is 1.62. The van der Waals surface area contributed by atoms with Crippen LogP contribution in [0.2, 0.25) is 19.6 Å². The molecule has 80 valence electrons. The lowest BCUT2D eigenvalue weighted by Gasteiger charge is -2.21. The number of hydrogen-bond donors (Lipinski definition) is 0. The maximum Gasteiger partial charge on any atom is 0.186 e. The Morgan fingerprint density at radius 2 is 2.13 bits per heavy atom. The maximum absolute atomic E-state index is 9.04. The van der Waals surface area contributed by atoms with Gasteiger partial charge in [0.1, 0.15) is 0 Å². The average Bonchev–Trinajstić information content (AvgIpc) is 2.13. The summed E-state index contributed by atoms with van der Waals surface area (Å²) in [6.45, 7) is 6.17. The second-order valence-electron chi connectivity index (χ2n) is 4.18. The number of pyridine rings is 1. The molecule has 3 nitrogen and oxygen atoms in total. The number of aromatic nitrogens is 1. The molecule has 1 heterocycles. The molecule has 0 spiro atoms. The van der Waals surface area contributed by atoms with E-state index in [2.05, 4.69) is 46.6 Å². The van der Waals surface area contributed by atoms with E-state index in [0.29, 0.717) is 0 Å². The molecule has 1 atom stereocenters. The van der Waals surface area contributed by atoms with E-state index in [1.54, 1.807) is 12.4 Å². The van der Waals surface area contributed by atoms with Crippen molar-refractivity contribution in [1.82, 2.24) is 4.98 Å². The van der Waals surface area contributed by atoms with Crippen molar-refractivity contribution in [3.05, 3.63) is 28.5 Å². The predicted molar refractivity (Wildman–Crippen MR) is 64.7 cm³/mol. The SMILES string of the molecule is C[Si](C)(C)OC(C#N)c1cncc(Br)c1. The Morgan fingerprint density at radius 1 is 1.47 bits per heavy atom. The lowest BCUT2D eigenvalue weighted by atomic mass is 10.2. The molecule has 0 saturated carbocycles. The minimum Gasteiger partial charge on any atom is -0.399 e. The molecule has 5 heteroatoms. The zero-order chi connectivity index (χ0) is 11.5. The summed E-state index contributed by atoms with van der Waals surface area (Å²) in [5, 5.41) is 9.04.